The van der Waals surface area contributed by atoms with E-state index in [1.165, 1.54) is 0 Å². The molecule has 0 bridgehead atoms. The molecule has 0 saturated carbocycles. The molecule has 1 aliphatic heterocycles. The fourth-order valence-electron chi connectivity index (χ4n) is 2.55. The number of nitrogens with one attached hydrogen (secondary N) is 1. The van der Waals surface area contributed by atoms with Crippen LogP contribution in [0.3, 0.4) is 0 Å². The van der Waals surface area contributed by atoms with E-state index >= 15 is 0 Å². The average Bonchev–Trinajstić information content (AvgIpc) is 3.23. The van der Waals surface area contributed by atoms with Crippen LogP contribution in [0.25, 0.3) is 0 Å². The van der Waals surface area contributed by atoms with E-state index in [1.54, 1.807) is 10.9 Å². The summed E-state index contributed by atoms with van der Waals surface area (Å²) in [5.74, 6) is 0.868. The largest absolute Gasteiger partial charge is 0.370 e. The van der Waals surface area contributed by atoms with Crippen molar-refractivity contribution in [1.82, 2.24) is 25.2 Å². The lowest BCUT2D eigenvalue weighted by Crippen LogP contribution is -2.48. The maximum atomic E-state index is 5.88. The number of aryl methyl sites for hydroxylation is 1. The molecule has 1 fully saturated rings. The van der Waals surface area contributed by atoms with Crippen molar-refractivity contribution < 1.29 is 9.26 Å². The molecule has 3 heterocycles. The quantitative estimate of drug-likeness (QED) is 0.437. The first-order valence-electron chi connectivity index (χ1n) is 7.79. The van der Waals surface area contributed by atoms with E-state index in [0.717, 1.165) is 36.9 Å². The third-order valence-electron chi connectivity index (χ3n) is 3.68. The second-order valence-corrected chi connectivity index (χ2v) is 5.41. The first-order valence-corrected chi connectivity index (χ1v) is 7.79. The standard InChI is InChI=1S/C15H22N6O2.HI/c1-3-16-15(17-9-13-4-6-23-19-13)21-5-7-22-14(11-21)12-8-18-20(2)10-12;/h4,6,8,10,14H,3,5,7,9,11H2,1-2H3,(H,16,17);1H. The highest BCUT2D eigenvalue weighted by atomic mass is 127. The molecule has 2 aromatic heterocycles. The normalized spacial score (nSPS) is 18.3. The topological polar surface area (TPSA) is 80.7 Å². The van der Waals surface area contributed by atoms with Crippen molar-refractivity contribution >= 4 is 29.9 Å². The minimum Gasteiger partial charge on any atom is -0.370 e. The highest BCUT2D eigenvalue weighted by molar-refractivity contribution is 14.0. The molecule has 8 nitrogen and oxygen atoms in total. The Labute approximate surface area is 158 Å². The Morgan fingerprint density at radius 3 is 3.04 bits per heavy atom. The molecule has 0 spiro atoms. The van der Waals surface area contributed by atoms with Crippen LogP contribution in [-0.2, 0) is 18.3 Å². The van der Waals surface area contributed by atoms with E-state index < -0.39 is 0 Å². The van der Waals surface area contributed by atoms with Gasteiger partial charge in [-0.2, -0.15) is 5.10 Å². The van der Waals surface area contributed by atoms with Gasteiger partial charge in [0.05, 0.1) is 25.9 Å². The van der Waals surface area contributed by atoms with Gasteiger partial charge in [0, 0.05) is 38.0 Å². The van der Waals surface area contributed by atoms with Crippen LogP contribution in [0, 0.1) is 0 Å². The number of rotatable bonds is 4. The van der Waals surface area contributed by atoms with Crippen molar-refractivity contribution in [1.29, 1.82) is 0 Å². The third kappa shape index (κ3) is 4.69. The molecule has 0 amide bonds. The maximum Gasteiger partial charge on any atom is 0.194 e. The van der Waals surface area contributed by atoms with Crippen LogP contribution in [-0.4, -0.2) is 52.0 Å². The first kappa shape index (κ1) is 18.7. The van der Waals surface area contributed by atoms with Crippen LogP contribution in [0.1, 0.15) is 24.3 Å². The van der Waals surface area contributed by atoms with Crippen LogP contribution < -0.4 is 5.32 Å². The molecular weight excluding hydrogens is 423 g/mol. The number of hydrogen-bond donors (Lipinski definition) is 1. The van der Waals surface area contributed by atoms with Crippen molar-refractivity contribution in [3.05, 3.63) is 36.0 Å². The number of nitrogens with zero attached hydrogens (tertiary/aromatic N) is 5. The minimum atomic E-state index is 0. The summed E-state index contributed by atoms with van der Waals surface area (Å²) in [4.78, 5) is 6.86. The Balaban J connectivity index is 0.00000208. The van der Waals surface area contributed by atoms with Crippen molar-refractivity contribution in [2.75, 3.05) is 26.2 Å². The number of aliphatic imine (C=N–C) groups is 1. The van der Waals surface area contributed by atoms with Gasteiger partial charge in [0.25, 0.3) is 0 Å². The molecule has 2 aromatic rings. The summed E-state index contributed by atoms with van der Waals surface area (Å²) in [6.07, 6.45) is 5.42. The van der Waals surface area contributed by atoms with Crippen LogP contribution in [0.4, 0.5) is 0 Å². The molecule has 1 N–H and O–H groups in total. The third-order valence-corrected chi connectivity index (χ3v) is 3.68. The van der Waals surface area contributed by atoms with Crippen LogP contribution in [0.2, 0.25) is 0 Å². The van der Waals surface area contributed by atoms with Crippen molar-refractivity contribution in [3.8, 4) is 0 Å². The van der Waals surface area contributed by atoms with Gasteiger partial charge in [0.15, 0.2) is 5.96 Å². The van der Waals surface area contributed by atoms with E-state index in [2.05, 4.69) is 32.4 Å². The zero-order chi connectivity index (χ0) is 16.1. The van der Waals surface area contributed by atoms with Gasteiger partial charge < -0.3 is 19.5 Å². The molecule has 24 heavy (non-hydrogen) atoms. The molecule has 1 aliphatic rings. The monoisotopic (exact) mass is 446 g/mol. The number of hydrogen-bond acceptors (Lipinski definition) is 5. The molecule has 3 rings (SSSR count). The number of halogens is 1. The summed E-state index contributed by atoms with van der Waals surface area (Å²) < 4.78 is 12.5. The Morgan fingerprint density at radius 2 is 2.38 bits per heavy atom. The summed E-state index contributed by atoms with van der Waals surface area (Å²) in [6, 6.07) is 1.82. The summed E-state index contributed by atoms with van der Waals surface area (Å²) in [7, 11) is 1.91. The fraction of sp³-hybridized carbons (Fsp3) is 0.533. The molecule has 0 aromatic carbocycles. The zero-order valence-electron chi connectivity index (χ0n) is 13.9. The Kier molecular flexibility index (Phi) is 7.03. The number of morpholine rings is 1. The lowest BCUT2D eigenvalue weighted by Gasteiger charge is -2.34. The molecule has 0 radical (unpaired) electrons. The molecule has 1 atom stereocenters. The van der Waals surface area contributed by atoms with Gasteiger partial charge in [0.1, 0.15) is 18.1 Å². The Morgan fingerprint density at radius 1 is 1.50 bits per heavy atom. The second-order valence-electron chi connectivity index (χ2n) is 5.41. The smallest absolute Gasteiger partial charge is 0.194 e. The van der Waals surface area contributed by atoms with E-state index in [4.69, 9.17) is 9.26 Å². The highest BCUT2D eigenvalue weighted by Crippen LogP contribution is 2.21. The van der Waals surface area contributed by atoms with Gasteiger partial charge in [-0.05, 0) is 6.92 Å². The minimum absolute atomic E-state index is 0. The Hall–Kier alpha value is -1.62. The van der Waals surface area contributed by atoms with Crippen molar-refractivity contribution in [2.24, 2.45) is 12.0 Å². The summed E-state index contributed by atoms with van der Waals surface area (Å²) in [5.41, 5.74) is 1.90. The van der Waals surface area contributed by atoms with Crippen molar-refractivity contribution in [3.63, 3.8) is 0 Å². The first-order chi connectivity index (χ1) is 11.3. The average molecular weight is 446 g/mol. The van der Waals surface area contributed by atoms with E-state index in [0.29, 0.717) is 13.2 Å². The molecular formula is C15H23IN6O2. The van der Waals surface area contributed by atoms with Gasteiger partial charge in [-0.1, -0.05) is 5.16 Å². The SMILES string of the molecule is CCNC(=NCc1ccon1)N1CCOC(c2cnn(C)c2)C1.I. The molecule has 9 heteroatoms. The molecule has 1 saturated heterocycles. The van der Waals surface area contributed by atoms with Crippen LogP contribution >= 0.6 is 24.0 Å². The predicted molar refractivity (Wildman–Crippen MR) is 100 cm³/mol. The van der Waals surface area contributed by atoms with Crippen LogP contribution in [0.15, 0.2) is 34.2 Å². The number of aromatic nitrogens is 3. The molecule has 132 valence electrons. The lowest BCUT2D eigenvalue weighted by atomic mass is 10.1. The second kappa shape index (κ2) is 9.02. The van der Waals surface area contributed by atoms with Gasteiger partial charge in [0.2, 0.25) is 0 Å². The maximum absolute atomic E-state index is 5.88. The van der Waals surface area contributed by atoms with Gasteiger partial charge >= 0.3 is 0 Å². The molecule has 0 aliphatic carbocycles. The lowest BCUT2D eigenvalue weighted by molar-refractivity contribution is -0.00805. The zero-order valence-corrected chi connectivity index (χ0v) is 16.2. The Bertz CT molecular complexity index is 642. The summed E-state index contributed by atoms with van der Waals surface area (Å²) >= 11 is 0. The van der Waals surface area contributed by atoms with Crippen LogP contribution in [0.5, 0.6) is 0 Å². The fourth-order valence-corrected chi connectivity index (χ4v) is 2.55. The summed E-state index contributed by atoms with van der Waals surface area (Å²) in [5, 5.41) is 11.4. The van der Waals surface area contributed by atoms with Gasteiger partial charge in [-0.15, -0.1) is 24.0 Å². The number of ether oxygens (including phenoxy) is 1. The molecule has 1 unspecified atom stereocenters. The van der Waals surface area contributed by atoms with E-state index in [1.807, 2.05) is 25.5 Å². The van der Waals surface area contributed by atoms with Gasteiger partial charge in [-0.3, -0.25) is 4.68 Å². The van der Waals surface area contributed by atoms with E-state index in [-0.39, 0.29) is 30.1 Å². The van der Waals surface area contributed by atoms with Crippen molar-refractivity contribution in [2.45, 2.75) is 19.6 Å². The van der Waals surface area contributed by atoms with E-state index in [9.17, 15) is 0 Å². The van der Waals surface area contributed by atoms with Gasteiger partial charge in [-0.25, -0.2) is 4.99 Å². The highest BCUT2D eigenvalue weighted by Gasteiger charge is 2.25. The summed E-state index contributed by atoms with van der Waals surface area (Å²) in [6.45, 7) is 5.58. The number of guanidine groups is 1. The predicted octanol–water partition coefficient (Wildman–Crippen LogP) is 1.57.